The van der Waals surface area contributed by atoms with E-state index in [1.807, 2.05) is 50.2 Å². The van der Waals surface area contributed by atoms with Gasteiger partial charge in [-0.05, 0) is 50.0 Å². The predicted octanol–water partition coefficient (Wildman–Crippen LogP) is 5.07. The molecule has 3 aromatic rings. The van der Waals surface area contributed by atoms with Crippen LogP contribution in [0.2, 0.25) is 0 Å². The van der Waals surface area contributed by atoms with Crippen molar-refractivity contribution in [1.29, 1.82) is 0 Å². The van der Waals surface area contributed by atoms with Crippen LogP contribution >= 0.6 is 24.0 Å². The van der Waals surface area contributed by atoms with Crippen LogP contribution < -0.4 is 10.9 Å². The summed E-state index contributed by atoms with van der Waals surface area (Å²) in [6.07, 6.45) is 7.80. The molecule has 5 rings (SSSR count). The highest BCUT2D eigenvalue weighted by molar-refractivity contribution is 8.26. The Morgan fingerprint density at radius 1 is 1.15 bits per heavy atom. The first-order valence-corrected chi connectivity index (χ1v) is 12.7. The predicted molar refractivity (Wildman–Crippen MR) is 142 cm³/mol. The van der Waals surface area contributed by atoms with Crippen molar-refractivity contribution in [3.8, 4) is 0 Å². The fourth-order valence-corrected chi connectivity index (χ4v) is 5.70. The molecule has 34 heavy (non-hydrogen) atoms. The second-order valence-corrected chi connectivity index (χ2v) is 10.6. The Balaban J connectivity index is 1.53. The number of thioether (sulfide) groups is 1. The second-order valence-electron chi connectivity index (χ2n) is 8.94. The number of pyridine rings is 1. The molecule has 8 heteroatoms. The van der Waals surface area contributed by atoms with Crippen LogP contribution in [0.25, 0.3) is 11.7 Å². The van der Waals surface area contributed by atoms with E-state index >= 15 is 0 Å². The van der Waals surface area contributed by atoms with Crippen molar-refractivity contribution in [2.75, 3.05) is 5.32 Å². The molecule has 2 aromatic heterocycles. The number of nitrogens with one attached hydrogen (secondary N) is 1. The Bertz CT molecular complexity index is 1370. The molecule has 1 amide bonds. The number of hydrogen-bond acceptors (Lipinski definition) is 6. The molecule has 0 atom stereocenters. The average molecular weight is 491 g/mol. The molecule has 1 aromatic carbocycles. The van der Waals surface area contributed by atoms with Gasteiger partial charge >= 0.3 is 0 Å². The van der Waals surface area contributed by atoms with Crippen molar-refractivity contribution >= 4 is 51.7 Å². The SMILES string of the molecule is Cc1ccc(CN2C(=O)/C(=C\c3c(NC4CCCC4)nc4c(C)cccn4c3=O)SC2=S)cc1. The molecule has 6 nitrogen and oxygen atoms in total. The van der Waals surface area contributed by atoms with Gasteiger partial charge in [0.1, 0.15) is 15.8 Å². The van der Waals surface area contributed by atoms with E-state index in [2.05, 4.69) is 5.32 Å². The van der Waals surface area contributed by atoms with Crippen molar-refractivity contribution in [3.05, 3.63) is 80.1 Å². The van der Waals surface area contributed by atoms with Gasteiger partial charge in [0.15, 0.2) is 0 Å². The first kappa shape index (κ1) is 22.8. The molecule has 1 aliphatic carbocycles. The number of benzene rings is 1. The van der Waals surface area contributed by atoms with Crippen LogP contribution in [0.15, 0.2) is 52.3 Å². The van der Waals surface area contributed by atoms with E-state index in [0.29, 0.717) is 32.8 Å². The van der Waals surface area contributed by atoms with Crippen LogP contribution in [0.1, 0.15) is 47.9 Å². The molecule has 2 aliphatic rings. The van der Waals surface area contributed by atoms with Gasteiger partial charge < -0.3 is 5.32 Å². The fourth-order valence-electron chi connectivity index (χ4n) is 4.46. The molecule has 0 unspecified atom stereocenters. The Morgan fingerprint density at radius 2 is 1.88 bits per heavy atom. The molecular weight excluding hydrogens is 464 g/mol. The van der Waals surface area contributed by atoms with Crippen LogP contribution in [-0.2, 0) is 11.3 Å². The molecule has 0 spiro atoms. The van der Waals surface area contributed by atoms with Gasteiger partial charge in [0.05, 0.1) is 17.0 Å². The lowest BCUT2D eigenvalue weighted by atomic mass is 10.1. The maximum atomic E-state index is 13.5. The molecule has 0 radical (unpaired) electrons. The molecule has 1 saturated heterocycles. The van der Waals surface area contributed by atoms with Gasteiger partial charge in [-0.25, -0.2) is 4.98 Å². The van der Waals surface area contributed by atoms with Crippen molar-refractivity contribution in [1.82, 2.24) is 14.3 Å². The number of aryl methyl sites for hydroxylation is 2. The second kappa shape index (κ2) is 9.35. The third-order valence-corrected chi connectivity index (χ3v) is 7.77. The van der Waals surface area contributed by atoms with Gasteiger partial charge in [-0.1, -0.05) is 72.7 Å². The zero-order chi connectivity index (χ0) is 23.8. The number of fused-ring (bicyclic) bond motifs is 1. The summed E-state index contributed by atoms with van der Waals surface area (Å²) in [6.45, 7) is 4.38. The number of carbonyl (C=O) groups excluding carboxylic acids is 1. The van der Waals surface area contributed by atoms with Gasteiger partial charge in [0.2, 0.25) is 0 Å². The Morgan fingerprint density at radius 3 is 2.62 bits per heavy atom. The van der Waals surface area contributed by atoms with E-state index in [9.17, 15) is 9.59 Å². The lowest BCUT2D eigenvalue weighted by molar-refractivity contribution is -0.122. The number of nitrogens with zero attached hydrogens (tertiary/aromatic N) is 3. The van der Waals surface area contributed by atoms with Crippen LogP contribution in [0.4, 0.5) is 5.82 Å². The zero-order valence-electron chi connectivity index (χ0n) is 19.2. The highest BCUT2D eigenvalue weighted by Gasteiger charge is 2.33. The maximum Gasteiger partial charge on any atom is 0.267 e. The minimum Gasteiger partial charge on any atom is -0.367 e. The Hall–Kier alpha value is -2.97. The lowest BCUT2D eigenvalue weighted by Crippen LogP contribution is -2.27. The third kappa shape index (κ3) is 4.40. The highest BCUT2D eigenvalue weighted by atomic mass is 32.2. The molecule has 1 aliphatic heterocycles. The van der Waals surface area contributed by atoms with E-state index in [1.54, 1.807) is 21.6 Å². The summed E-state index contributed by atoms with van der Waals surface area (Å²) in [5.74, 6) is 0.353. The number of thiocarbonyl (C=S) groups is 1. The normalized spacial score (nSPS) is 17.9. The number of rotatable bonds is 5. The molecule has 2 fully saturated rings. The van der Waals surface area contributed by atoms with E-state index < -0.39 is 0 Å². The lowest BCUT2D eigenvalue weighted by Gasteiger charge is -2.16. The Kier molecular flexibility index (Phi) is 6.27. The summed E-state index contributed by atoms with van der Waals surface area (Å²) in [6, 6.07) is 12.1. The summed E-state index contributed by atoms with van der Waals surface area (Å²) >= 11 is 6.76. The van der Waals surface area contributed by atoms with Gasteiger partial charge in [-0.15, -0.1) is 0 Å². The van der Waals surface area contributed by atoms with Crippen molar-refractivity contribution < 1.29 is 4.79 Å². The summed E-state index contributed by atoms with van der Waals surface area (Å²) in [7, 11) is 0. The zero-order valence-corrected chi connectivity index (χ0v) is 20.8. The fraction of sp³-hybridized carbons (Fsp3) is 0.308. The molecule has 174 valence electrons. The number of carbonyl (C=O) groups is 1. The largest absolute Gasteiger partial charge is 0.367 e. The molecule has 1 N–H and O–H groups in total. The van der Waals surface area contributed by atoms with Gasteiger partial charge in [0, 0.05) is 12.2 Å². The topological polar surface area (TPSA) is 66.7 Å². The average Bonchev–Trinajstić information content (AvgIpc) is 3.42. The van der Waals surface area contributed by atoms with E-state index in [0.717, 1.165) is 42.4 Å². The Labute approximate surface area is 208 Å². The molecule has 1 saturated carbocycles. The van der Waals surface area contributed by atoms with Crippen LogP contribution in [-0.4, -0.2) is 30.6 Å². The summed E-state index contributed by atoms with van der Waals surface area (Å²) < 4.78 is 2.04. The van der Waals surface area contributed by atoms with Crippen LogP contribution in [0, 0.1) is 13.8 Å². The van der Waals surface area contributed by atoms with E-state index in [4.69, 9.17) is 17.2 Å². The smallest absolute Gasteiger partial charge is 0.267 e. The maximum absolute atomic E-state index is 13.5. The highest BCUT2D eigenvalue weighted by Crippen LogP contribution is 2.34. The number of aromatic nitrogens is 2. The number of hydrogen-bond donors (Lipinski definition) is 1. The molecule has 3 heterocycles. The summed E-state index contributed by atoms with van der Waals surface area (Å²) in [5, 5.41) is 3.49. The summed E-state index contributed by atoms with van der Waals surface area (Å²) in [5.41, 5.74) is 3.91. The van der Waals surface area contributed by atoms with Crippen molar-refractivity contribution in [3.63, 3.8) is 0 Å². The summed E-state index contributed by atoms with van der Waals surface area (Å²) in [4.78, 5) is 33.7. The van der Waals surface area contributed by atoms with Gasteiger partial charge in [0.25, 0.3) is 11.5 Å². The number of amides is 1. The molecular formula is C26H26N4O2S2. The van der Waals surface area contributed by atoms with E-state index in [-0.39, 0.29) is 17.5 Å². The van der Waals surface area contributed by atoms with Crippen LogP contribution in [0.5, 0.6) is 0 Å². The van der Waals surface area contributed by atoms with Gasteiger partial charge in [-0.3, -0.25) is 18.9 Å². The minimum absolute atomic E-state index is 0.184. The quantitative estimate of drug-likeness (QED) is 0.398. The monoisotopic (exact) mass is 490 g/mol. The first-order valence-electron chi connectivity index (χ1n) is 11.5. The standard InChI is InChI=1S/C26H26N4O2S2/c1-16-9-11-18(12-10-16)15-30-25(32)21(34-26(30)33)14-20-22(27-19-7-3-4-8-19)28-23-17(2)6-5-13-29(23)24(20)31/h5-6,9-14,19,27H,3-4,7-8,15H2,1-2H3/b21-14+. The molecule has 0 bridgehead atoms. The first-order chi connectivity index (χ1) is 16.4. The van der Waals surface area contributed by atoms with Crippen LogP contribution in [0.3, 0.4) is 0 Å². The number of anilines is 1. The third-order valence-electron chi connectivity index (χ3n) is 6.39. The van der Waals surface area contributed by atoms with Crippen molar-refractivity contribution in [2.24, 2.45) is 0 Å². The van der Waals surface area contributed by atoms with Gasteiger partial charge in [-0.2, -0.15) is 0 Å². The van der Waals surface area contributed by atoms with Crippen molar-refractivity contribution in [2.45, 2.75) is 52.1 Å². The minimum atomic E-state index is -0.196. The van der Waals surface area contributed by atoms with E-state index in [1.165, 1.54) is 11.8 Å².